The first-order valence-electron chi connectivity index (χ1n) is 9.10. The Kier molecular flexibility index (Phi) is 8.82. The van der Waals surface area contributed by atoms with Crippen LogP contribution in [0.15, 0.2) is 0 Å². The lowest BCUT2D eigenvalue weighted by molar-refractivity contribution is 0.0515. The van der Waals surface area contributed by atoms with Crippen molar-refractivity contribution in [3.05, 3.63) is 0 Å². The van der Waals surface area contributed by atoms with Gasteiger partial charge in [0.05, 0.1) is 23.7 Å². The molecule has 0 aromatic carbocycles. The summed E-state index contributed by atoms with van der Waals surface area (Å²) in [4.78, 5) is 0. The van der Waals surface area contributed by atoms with E-state index in [0.29, 0.717) is 0 Å². The van der Waals surface area contributed by atoms with Crippen LogP contribution in [0.3, 0.4) is 0 Å². The fourth-order valence-corrected chi connectivity index (χ4v) is 6.61. The third kappa shape index (κ3) is 9.15. The maximum absolute atomic E-state index is 12.3. The van der Waals surface area contributed by atoms with Crippen molar-refractivity contribution in [3.8, 4) is 0 Å². The van der Waals surface area contributed by atoms with Crippen molar-refractivity contribution in [2.75, 3.05) is 11.5 Å². The molecule has 0 rings (SSSR count). The van der Waals surface area contributed by atoms with Gasteiger partial charge in [-0.2, -0.15) is 16.8 Å². The monoisotopic (exact) mass is 414 g/mol. The molecule has 0 bridgehead atoms. The van der Waals surface area contributed by atoms with E-state index < -0.39 is 43.9 Å². The minimum Gasteiger partial charge on any atom is -0.266 e. The van der Waals surface area contributed by atoms with Crippen LogP contribution in [0.1, 0.15) is 69.2 Å². The molecule has 0 aromatic rings. The van der Waals surface area contributed by atoms with Gasteiger partial charge in [-0.25, -0.2) is 0 Å². The van der Waals surface area contributed by atoms with Crippen LogP contribution in [0.4, 0.5) is 0 Å². The van der Waals surface area contributed by atoms with Crippen LogP contribution in [0.5, 0.6) is 0 Å². The molecule has 0 saturated heterocycles. The minimum absolute atomic E-state index is 0.0242. The second-order valence-corrected chi connectivity index (χ2v) is 13.2. The Hall–Kier alpha value is -0.180. The summed E-state index contributed by atoms with van der Waals surface area (Å²) in [6, 6.07) is 0. The Bertz CT molecular complexity index is 576. The van der Waals surface area contributed by atoms with Crippen molar-refractivity contribution in [1.82, 2.24) is 0 Å². The fourth-order valence-electron chi connectivity index (χ4n) is 3.13. The maximum Gasteiger partial charge on any atom is 0.268 e. The van der Waals surface area contributed by atoms with Gasteiger partial charge in [-0.1, -0.05) is 69.2 Å². The highest BCUT2D eigenvalue weighted by Gasteiger charge is 2.36. The van der Waals surface area contributed by atoms with Crippen molar-refractivity contribution in [2.24, 2.45) is 22.7 Å². The van der Waals surface area contributed by atoms with Crippen molar-refractivity contribution >= 4 is 20.2 Å². The van der Waals surface area contributed by atoms with Crippen molar-refractivity contribution < 1.29 is 25.2 Å². The van der Waals surface area contributed by atoms with E-state index in [1.807, 2.05) is 69.2 Å². The number of rotatable bonds is 9. The topological polar surface area (TPSA) is 86.7 Å². The average Bonchev–Trinajstić information content (AvgIpc) is 2.37. The molecule has 0 aromatic heterocycles. The van der Waals surface area contributed by atoms with E-state index >= 15 is 0 Å². The summed E-state index contributed by atoms with van der Waals surface area (Å²) < 4.78 is 59.9. The first-order valence-corrected chi connectivity index (χ1v) is 12.3. The molecule has 2 atom stereocenters. The van der Waals surface area contributed by atoms with E-state index in [9.17, 15) is 16.8 Å². The molecule has 0 amide bonds. The van der Waals surface area contributed by atoms with Crippen molar-refractivity contribution in [2.45, 2.75) is 81.4 Å². The third-order valence-corrected chi connectivity index (χ3v) is 6.67. The van der Waals surface area contributed by atoms with E-state index in [1.165, 1.54) is 0 Å². The van der Waals surface area contributed by atoms with Gasteiger partial charge in [0.25, 0.3) is 20.2 Å². The molecule has 0 spiro atoms. The summed E-state index contributed by atoms with van der Waals surface area (Å²) in [7, 11) is -7.99. The van der Waals surface area contributed by atoms with Crippen LogP contribution in [0.25, 0.3) is 0 Å². The quantitative estimate of drug-likeness (QED) is 0.533. The lowest BCUT2D eigenvalue weighted by atomic mass is 9.83. The van der Waals surface area contributed by atoms with Gasteiger partial charge in [0, 0.05) is 0 Å². The van der Waals surface area contributed by atoms with E-state index in [2.05, 4.69) is 0 Å². The molecule has 8 heteroatoms. The molecule has 0 saturated carbocycles. The Balaban J connectivity index is 5.14. The Labute approximate surface area is 161 Å². The summed E-state index contributed by atoms with van der Waals surface area (Å²) >= 11 is 0. The van der Waals surface area contributed by atoms with Gasteiger partial charge in [-0.3, -0.25) is 8.37 Å². The summed E-state index contributed by atoms with van der Waals surface area (Å²) in [6.45, 7) is 18.9. The van der Waals surface area contributed by atoms with Gasteiger partial charge in [0.1, 0.15) is 0 Å². The summed E-state index contributed by atoms with van der Waals surface area (Å²) in [5, 5.41) is 0. The van der Waals surface area contributed by atoms with Gasteiger partial charge in [-0.05, 0) is 22.7 Å². The van der Waals surface area contributed by atoms with Crippen molar-refractivity contribution in [1.29, 1.82) is 0 Å². The zero-order chi connectivity index (χ0) is 21.1. The third-order valence-electron chi connectivity index (χ3n) is 4.00. The molecular weight excluding hydrogens is 376 g/mol. The average molecular weight is 415 g/mol. The van der Waals surface area contributed by atoms with E-state index in [0.717, 1.165) is 0 Å². The van der Waals surface area contributed by atoms with Gasteiger partial charge in [0.15, 0.2) is 0 Å². The zero-order valence-corrected chi connectivity index (χ0v) is 19.6. The highest BCUT2D eigenvalue weighted by molar-refractivity contribution is 7.90. The Morgan fingerprint density at radius 1 is 0.615 bits per heavy atom. The zero-order valence-electron chi connectivity index (χ0n) is 18.0. The van der Waals surface area contributed by atoms with Crippen LogP contribution in [0, 0.1) is 22.7 Å². The van der Waals surface area contributed by atoms with E-state index in [1.54, 1.807) is 0 Å². The predicted molar refractivity (Wildman–Crippen MR) is 106 cm³/mol. The normalized spacial score (nSPS) is 16.9. The standard InChI is InChI=1S/C18H38O6S2/c1-13(2)15(17(5,6)7)23-25(19,20)11-12-26(21,22)24-16(14(3)4)18(8,9)10/h13-16H,11-12H2,1-10H3. The Morgan fingerprint density at radius 2 is 0.846 bits per heavy atom. The van der Waals surface area contributed by atoms with E-state index in [4.69, 9.17) is 8.37 Å². The molecule has 2 unspecified atom stereocenters. The van der Waals surface area contributed by atoms with Crippen LogP contribution >= 0.6 is 0 Å². The SMILES string of the molecule is CC(C)C(OS(=O)(=O)CCS(=O)(=O)OC(C(C)C)C(C)(C)C)C(C)(C)C. The molecule has 0 N–H and O–H groups in total. The molecule has 0 fully saturated rings. The molecule has 26 heavy (non-hydrogen) atoms. The summed E-state index contributed by atoms with van der Waals surface area (Å²) in [5.41, 5.74) is -0.767. The fraction of sp³-hybridized carbons (Fsp3) is 1.00. The molecule has 0 aliphatic rings. The second kappa shape index (κ2) is 8.88. The molecule has 6 nitrogen and oxygen atoms in total. The van der Waals surface area contributed by atoms with Crippen LogP contribution in [-0.2, 0) is 28.6 Å². The number of hydrogen-bond donors (Lipinski definition) is 0. The Morgan fingerprint density at radius 3 is 1.00 bits per heavy atom. The molecule has 0 radical (unpaired) electrons. The van der Waals surface area contributed by atoms with E-state index in [-0.39, 0.29) is 22.7 Å². The van der Waals surface area contributed by atoms with Gasteiger partial charge in [0.2, 0.25) is 0 Å². The minimum atomic E-state index is -3.99. The smallest absolute Gasteiger partial charge is 0.266 e. The lowest BCUT2D eigenvalue weighted by Gasteiger charge is -2.33. The first kappa shape index (κ1) is 25.8. The summed E-state index contributed by atoms with van der Waals surface area (Å²) in [5.74, 6) is -1.29. The first-order chi connectivity index (χ1) is 11.3. The molecule has 158 valence electrons. The van der Waals surface area contributed by atoms with Gasteiger partial charge >= 0.3 is 0 Å². The maximum atomic E-state index is 12.3. The largest absolute Gasteiger partial charge is 0.268 e. The molecule has 0 aliphatic heterocycles. The van der Waals surface area contributed by atoms with Crippen molar-refractivity contribution in [3.63, 3.8) is 0 Å². The molecular formula is C18H38O6S2. The van der Waals surface area contributed by atoms with Crippen LogP contribution in [-0.4, -0.2) is 40.5 Å². The second-order valence-electron chi connectivity index (χ2n) is 9.78. The predicted octanol–water partition coefficient (Wildman–Crippen LogP) is 3.82. The van der Waals surface area contributed by atoms with Crippen LogP contribution < -0.4 is 0 Å². The lowest BCUT2D eigenvalue weighted by Crippen LogP contribution is -2.39. The van der Waals surface area contributed by atoms with Crippen LogP contribution in [0.2, 0.25) is 0 Å². The van der Waals surface area contributed by atoms with Gasteiger partial charge < -0.3 is 0 Å². The number of hydrogen-bond acceptors (Lipinski definition) is 6. The highest BCUT2D eigenvalue weighted by Crippen LogP contribution is 2.31. The highest BCUT2D eigenvalue weighted by atomic mass is 32.2. The molecule has 0 aliphatic carbocycles. The van der Waals surface area contributed by atoms with Gasteiger partial charge in [-0.15, -0.1) is 0 Å². The summed E-state index contributed by atoms with van der Waals surface area (Å²) in [6.07, 6.45) is -1.07. The molecule has 0 heterocycles.